The first kappa shape index (κ1) is 17.3. The van der Waals surface area contributed by atoms with Crippen LogP contribution in [0.25, 0.3) is 11.1 Å². The number of hydrogen-bond acceptors (Lipinski definition) is 4. The molecule has 3 N–H and O–H groups in total. The fourth-order valence-corrected chi connectivity index (χ4v) is 3.80. The summed E-state index contributed by atoms with van der Waals surface area (Å²) >= 11 is 0. The molecule has 27 heavy (non-hydrogen) atoms. The van der Waals surface area contributed by atoms with Gasteiger partial charge in [0.25, 0.3) is 5.56 Å². The molecule has 0 saturated heterocycles. The smallest absolute Gasteiger partial charge is 0.264 e. The van der Waals surface area contributed by atoms with Crippen LogP contribution in [0.1, 0.15) is 43.6 Å². The van der Waals surface area contributed by atoms with Gasteiger partial charge in [0.2, 0.25) is 11.8 Å². The molecule has 138 valence electrons. The molecule has 3 aromatic rings. The minimum Gasteiger partial charge on any atom is -0.493 e. The average molecular weight is 361 g/mol. The van der Waals surface area contributed by atoms with E-state index in [0.717, 1.165) is 5.69 Å². The minimum atomic E-state index is -0.369. The molecule has 1 aliphatic carbocycles. The normalized spacial score (nSPS) is 14.8. The lowest BCUT2D eigenvalue weighted by Gasteiger charge is -2.22. The van der Waals surface area contributed by atoms with Crippen LogP contribution in [0.2, 0.25) is 0 Å². The highest BCUT2D eigenvalue weighted by Gasteiger charge is 2.17. The van der Waals surface area contributed by atoms with E-state index in [2.05, 4.69) is 27.4 Å². The van der Waals surface area contributed by atoms with Crippen LogP contribution < -0.4 is 10.9 Å². The molecule has 1 saturated carbocycles. The topological polar surface area (TPSA) is 78.0 Å². The van der Waals surface area contributed by atoms with Crippen molar-refractivity contribution in [3.63, 3.8) is 0 Å². The maximum absolute atomic E-state index is 12.5. The van der Waals surface area contributed by atoms with E-state index in [4.69, 9.17) is 0 Å². The largest absolute Gasteiger partial charge is 0.493 e. The van der Waals surface area contributed by atoms with Gasteiger partial charge in [-0.1, -0.05) is 61.7 Å². The second-order valence-corrected chi connectivity index (χ2v) is 7.06. The Hall–Kier alpha value is -3.08. The average Bonchev–Trinajstić information content (AvgIpc) is 2.69. The molecule has 0 amide bonds. The fourth-order valence-electron chi connectivity index (χ4n) is 3.80. The first-order valence-electron chi connectivity index (χ1n) is 9.46. The van der Waals surface area contributed by atoms with Crippen molar-refractivity contribution in [2.75, 3.05) is 5.32 Å². The van der Waals surface area contributed by atoms with E-state index in [1.54, 1.807) is 0 Å². The lowest BCUT2D eigenvalue weighted by molar-refractivity contribution is 0.443. The van der Waals surface area contributed by atoms with Gasteiger partial charge in [-0.2, -0.15) is 4.98 Å². The number of nitrogens with one attached hydrogen (secondary N) is 2. The zero-order valence-corrected chi connectivity index (χ0v) is 15.1. The Balaban J connectivity index is 1.59. The third kappa shape index (κ3) is 3.87. The van der Waals surface area contributed by atoms with E-state index in [1.807, 2.05) is 42.5 Å². The van der Waals surface area contributed by atoms with Crippen LogP contribution in [-0.4, -0.2) is 15.1 Å². The Morgan fingerprint density at radius 2 is 1.67 bits per heavy atom. The van der Waals surface area contributed by atoms with Gasteiger partial charge in [0.05, 0.1) is 0 Å². The lowest BCUT2D eigenvalue weighted by atomic mass is 9.84. The Kier molecular flexibility index (Phi) is 4.92. The highest BCUT2D eigenvalue weighted by atomic mass is 16.3. The second-order valence-electron chi connectivity index (χ2n) is 7.06. The summed E-state index contributed by atoms with van der Waals surface area (Å²) in [7, 11) is 0. The monoisotopic (exact) mass is 361 g/mol. The van der Waals surface area contributed by atoms with Gasteiger partial charge in [0.15, 0.2) is 0 Å². The number of benzene rings is 2. The van der Waals surface area contributed by atoms with Gasteiger partial charge >= 0.3 is 0 Å². The molecule has 0 aliphatic heterocycles. The van der Waals surface area contributed by atoms with Crippen LogP contribution in [0.5, 0.6) is 5.88 Å². The SMILES string of the molecule is O=c1[nH]c(Nc2ccccc2)nc(O)c1-c1ccc(C2CCCCC2)cc1. The van der Waals surface area contributed by atoms with Gasteiger partial charge in [0, 0.05) is 5.69 Å². The van der Waals surface area contributed by atoms with Crippen molar-refractivity contribution >= 4 is 11.6 Å². The van der Waals surface area contributed by atoms with Crippen molar-refractivity contribution in [3.05, 3.63) is 70.5 Å². The molecule has 1 heterocycles. The zero-order valence-electron chi connectivity index (χ0n) is 15.1. The van der Waals surface area contributed by atoms with E-state index in [0.29, 0.717) is 11.5 Å². The molecule has 0 radical (unpaired) electrons. The van der Waals surface area contributed by atoms with Crippen LogP contribution in [-0.2, 0) is 0 Å². The summed E-state index contributed by atoms with van der Waals surface area (Å²) in [5.41, 5.74) is 2.59. The number of para-hydroxylation sites is 1. The predicted molar refractivity (Wildman–Crippen MR) is 108 cm³/mol. The third-order valence-electron chi connectivity index (χ3n) is 5.21. The molecule has 0 atom stereocenters. The number of aromatic nitrogens is 2. The first-order chi connectivity index (χ1) is 13.2. The molecule has 1 aromatic heterocycles. The number of anilines is 2. The number of aromatic amines is 1. The van der Waals surface area contributed by atoms with E-state index < -0.39 is 0 Å². The molecular formula is C22H23N3O2. The number of rotatable bonds is 4. The van der Waals surface area contributed by atoms with Gasteiger partial charge in [-0.15, -0.1) is 0 Å². The third-order valence-corrected chi connectivity index (χ3v) is 5.21. The Morgan fingerprint density at radius 1 is 0.963 bits per heavy atom. The number of nitrogens with zero attached hydrogens (tertiary/aromatic N) is 1. The molecule has 2 aromatic carbocycles. The molecule has 4 rings (SSSR count). The summed E-state index contributed by atoms with van der Waals surface area (Å²) in [6.45, 7) is 0. The standard InChI is InChI=1S/C22H23N3O2/c26-20-19(17-13-11-16(12-14-17)15-7-3-1-4-8-15)21(27)25-22(24-20)23-18-9-5-2-6-10-18/h2,5-6,9-15H,1,3-4,7-8H2,(H3,23,24,25,26,27). The molecule has 1 fully saturated rings. The highest BCUT2D eigenvalue weighted by molar-refractivity contribution is 5.69. The molecule has 1 aliphatic rings. The molecular weight excluding hydrogens is 338 g/mol. The summed E-state index contributed by atoms with van der Waals surface area (Å²) in [4.78, 5) is 19.4. The quantitative estimate of drug-likeness (QED) is 0.615. The van der Waals surface area contributed by atoms with Crippen LogP contribution in [0.15, 0.2) is 59.4 Å². The van der Waals surface area contributed by atoms with Gasteiger partial charge in [-0.05, 0) is 42.0 Å². The lowest BCUT2D eigenvalue weighted by Crippen LogP contribution is -2.13. The zero-order chi connectivity index (χ0) is 18.6. The molecule has 5 nitrogen and oxygen atoms in total. The minimum absolute atomic E-state index is 0.198. The number of H-pyrrole nitrogens is 1. The van der Waals surface area contributed by atoms with Crippen molar-refractivity contribution in [3.8, 4) is 17.0 Å². The molecule has 5 heteroatoms. The maximum atomic E-state index is 12.5. The van der Waals surface area contributed by atoms with Crippen LogP contribution >= 0.6 is 0 Å². The first-order valence-corrected chi connectivity index (χ1v) is 9.46. The number of hydrogen-bond donors (Lipinski definition) is 3. The number of aromatic hydroxyl groups is 1. The van der Waals surface area contributed by atoms with Crippen molar-refractivity contribution in [1.29, 1.82) is 0 Å². The van der Waals surface area contributed by atoms with Crippen molar-refractivity contribution in [1.82, 2.24) is 9.97 Å². The van der Waals surface area contributed by atoms with E-state index in [-0.39, 0.29) is 23.0 Å². The molecule has 0 unspecified atom stereocenters. The summed E-state index contributed by atoms with van der Waals surface area (Å²) in [6.07, 6.45) is 6.35. The molecule has 0 spiro atoms. The Morgan fingerprint density at radius 3 is 2.33 bits per heavy atom. The molecule has 0 bridgehead atoms. The van der Waals surface area contributed by atoms with Crippen LogP contribution in [0, 0.1) is 0 Å². The van der Waals surface area contributed by atoms with Crippen molar-refractivity contribution < 1.29 is 5.11 Å². The van der Waals surface area contributed by atoms with Crippen molar-refractivity contribution in [2.45, 2.75) is 38.0 Å². The second kappa shape index (κ2) is 7.66. The van der Waals surface area contributed by atoms with Gasteiger partial charge < -0.3 is 10.4 Å². The summed E-state index contributed by atoms with van der Waals surface area (Å²) < 4.78 is 0. The highest BCUT2D eigenvalue weighted by Crippen LogP contribution is 2.34. The van der Waals surface area contributed by atoms with Crippen LogP contribution in [0.4, 0.5) is 11.6 Å². The van der Waals surface area contributed by atoms with Gasteiger partial charge in [-0.25, -0.2) is 0 Å². The van der Waals surface area contributed by atoms with E-state index in [1.165, 1.54) is 37.7 Å². The van der Waals surface area contributed by atoms with Crippen LogP contribution in [0.3, 0.4) is 0 Å². The Labute approximate surface area is 158 Å². The predicted octanol–water partition coefficient (Wildman–Crippen LogP) is 4.93. The van der Waals surface area contributed by atoms with E-state index >= 15 is 0 Å². The van der Waals surface area contributed by atoms with Gasteiger partial charge in [-0.3, -0.25) is 9.78 Å². The Bertz CT molecular complexity index is 959. The van der Waals surface area contributed by atoms with Gasteiger partial charge in [0.1, 0.15) is 5.56 Å². The summed E-state index contributed by atoms with van der Waals surface area (Å²) in [5, 5.41) is 13.3. The fraction of sp³-hybridized carbons (Fsp3) is 0.273. The van der Waals surface area contributed by atoms with Crippen molar-refractivity contribution in [2.24, 2.45) is 0 Å². The summed E-state index contributed by atoms with van der Waals surface area (Å²) in [6, 6.07) is 17.3. The summed E-state index contributed by atoms with van der Waals surface area (Å²) in [5.74, 6) is 0.545. The maximum Gasteiger partial charge on any atom is 0.264 e. The van der Waals surface area contributed by atoms with E-state index in [9.17, 15) is 9.90 Å².